The van der Waals surface area contributed by atoms with E-state index in [2.05, 4.69) is 16.4 Å². The lowest BCUT2D eigenvalue weighted by molar-refractivity contribution is -0.142. The Morgan fingerprint density at radius 3 is 3.10 bits per heavy atom. The molecule has 0 unspecified atom stereocenters. The lowest BCUT2D eigenvalue weighted by Gasteiger charge is -2.06. The number of ether oxygens (including phenoxy) is 1. The molecular weight excluding hydrogens is 256 g/mol. The second-order valence-electron chi connectivity index (χ2n) is 4.18. The molecule has 1 heterocycles. The molecule has 102 valence electrons. The zero-order valence-corrected chi connectivity index (χ0v) is 11.1. The zero-order valence-electron chi connectivity index (χ0n) is 11.1. The fraction of sp³-hybridized carbons (Fsp3) is 0.286. The van der Waals surface area contributed by atoms with Crippen molar-refractivity contribution in [2.75, 3.05) is 6.61 Å². The highest BCUT2D eigenvalue weighted by Gasteiger charge is 2.10. The van der Waals surface area contributed by atoms with Crippen LogP contribution in [0.4, 0.5) is 0 Å². The molecule has 0 aliphatic heterocycles. The van der Waals surface area contributed by atoms with Gasteiger partial charge in [-0.1, -0.05) is 17.3 Å². The molecule has 0 aliphatic rings. The van der Waals surface area contributed by atoms with Gasteiger partial charge in [0.1, 0.15) is 0 Å². The first-order valence-corrected chi connectivity index (χ1v) is 6.25. The van der Waals surface area contributed by atoms with Crippen LogP contribution in [-0.2, 0) is 22.5 Å². The van der Waals surface area contributed by atoms with Crippen molar-refractivity contribution in [1.82, 2.24) is 15.0 Å². The van der Waals surface area contributed by atoms with Crippen LogP contribution < -0.4 is 0 Å². The quantitative estimate of drug-likeness (QED) is 0.765. The second-order valence-corrected chi connectivity index (χ2v) is 4.18. The Labute approximate surface area is 116 Å². The summed E-state index contributed by atoms with van der Waals surface area (Å²) >= 11 is 0. The molecular formula is C14H14N4O2. The molecule has 0 N–H and O–H groups in total. The van der Waals surface area contributed by atoms with Crippen molar-refractivity contribution in [1.29, 1.82) is 5.26 Å². The highest BCUT2D eigenvalue weighted by atomic mass is 16.5. The van der Waals surface area contributed by atoms with Gasteiger partial charge < -0.3 is 4.74 Å². The highest BCUT2D eigenvalue weighted by Crippen LogP contribution is 2.08. The van der Waals surface area contributed by atoms with Crippen LogP contribution in [0.15, 0.2) is 30.5 Å². The lowest BCUT2D eigenvalue weighted by atomic mass is 10.1. The Morgan fingerprint density at radius 2 is 2.35 bits per heavy atom. The van der Waals surface area contributed by atoms with E-state index in [1.165, 1.54) is 0 Å². The van der Waals surface area contributed by atoms with Crippen molar-refractivity contribution in [3.8, 4) is 6.07 Å². The van der Waals surface area contributed by atoms with Gasteiger partial charge in [-0.3, -0.25) is 4.79 Å². The number of hydrogen-bond donors (Lipinski definition) is 0. The minimum atomic E-state index is -0.304. The fourth-order valence-corrected chi connectivity index (χ4v) is 1.82. The number of nitrogens with zero attached hydrogens (tertiary/aromatic N) is 4. The Kier molecular flexibility index (Phi) is 4.45. The number of hydrogen-bond acceptors (Lipinski definition) is 5. The van der Waals surface area contributed by atoms with Crippen molar-refractivity contribution in [2.24, 2.45) is 0 Å². The largest absolute Gasteiger partial charge is 0.466 e. The number of benzene rings is 1. The number of rotatable bonds is 5. The van der Waals surface area contributed by atoms with Gasteiger partial charge in [-0.05, 0) is 24.6 Å². The maximum atomic E-state index is 11.5. The molecule has 0 radical (unpaired) electrons. The van der Waals surface area contributed by atoms with Gasteiger partial charge in [-0.25, -0.2) is 4.68 Å². The molecule has 1 aromatic carbocycles. The van der Waals surface area contributed by atoms with Crippen molar-refractivity contribution >= 4 is 5.97 Å². The maximum Gasteiger partial charge on any atom is 0.311 e. The standard InChI is InChI=1S/C14H14N4O2/c1-2-20-14(19)7-13-9-16-17-18(13)10-12-5-3-4-11(6-12)8-15/h3-6,9H,2,7,10H2,1H3. The summed E-state index contributed by atoms with van der Waals surface area (Å²) in [5, 5.41) is 16.6. The molecule has 0 spiro atoms. The average molecular weight is 270 g/mol. The van der Waals surface area contributed by atoms with Crippen LogP contribution in [-0.4, -0.2) is 27.6 Å². The summed E-state index contributed by atoms with van der Waals surface area (Å²) in [7, 11) is 0. The molecule has 0 aliphatic carbocycles. The van der Waals surface area contributed by atoms with Gasteiger partial charge in [0.25, 0.3) is 0 Å². The normalized spacial score (nSPS) is 10.0. The summed E-state index contributed by atoms with van der Waals surface area (Å²) in [5.74, 6) is -0.304. The third-order valence-electron chi connectivity index (χ3n) is 2.72. The molecule has 20 heavy (non-hydrogen) atoms. The van der Waals surface area contributed by atoms with Crippen LogP contribution >= 0.6 is 0 Å². The fourth-order valence-electron chi connectivity index (χ4n) is 1.82. The summed E-state index contributed by atoms with van der Waals surface area (Å²) in [6.07, 6.45) is 1.68. The van der Waals surface area contributed by atoms with Crippen molar-refractivity contribution in [2.45, 2.75) is 19.9 Å². The summed E-state index contributed by atoms with van der Waals surface area (Å²) < 4.78 is 6.54. The van der Waals surface area contributed by atoms with E-state index in [9.17, 15) is 4.79 Å². The number of carbonyl (C=O) groups excluding carboxylic acids is 1. The molecule has 0 fully saturated rings. The Bertz CT molecular complexity index is 643. The van der Waals surface area contributed by atoms with E-state index in [-0.39, 0.29) is 12.4 Å². The number of esters is 1. The monoisotopic (exact) mass is 270 g/mol. The molecule has 0 amide bonds. The summed E-state index contributed by atoms with van der Waals surface area (Å²) in [6, 6.07) is 9.33. The van der Waals surface area contributed by atoms with Crippen LogP contribution in [0.2, 0.25) is 0 Å². The summed E-state index contributed by atoms with van der Waals surface area (Å²) in [5.41, 5.74) is 2.21. The lowest BCUT2D eigenvalue weighted by Crippen LogP contribution is -2.13. The molecule has 0 bridgehead atoms. The van der Waals surface area contributed by atoms with Crippen LogP contribution in [0.25, 0.3) is 0 Å². The van der Waals surface area contributed by atoms with E-state index in [1.54, 1.807) is 29.9 Å². The molecule has 6 heteroatoms. The van der Waals surface area contributed by atoms with Crippen LogP contribution in [0, 0.1) is 11.3 Å². The van der Waals surface area contributed by atoms with Crippen molar-refractivity contribution in [3.05, 3.63) is 47.3 Å². The number of aromatic nitrogens is 3. The van der Waals surface area contributed by atoms with E-state index in [0.29, 0.717) is 24.4 Å². The van der Waals surface area contributed by atoms with Gasteiger partial charge in [-0.15, -0.1) is 5.10 Å². The van der Waals surface area contributed by atoms with Gasteiger partial charge in [0.15, 0.2) is 0 Å². The Balaban J connectivity index is 2.12. The highest BCUT2D eigenvalue weighted by molar-refractivity contribution is 5.71. The smallest absolute Gasteiger partial charge is 0.311 e. The summed E-state index contributed by atoms with van der Waals surface area (Å²) in [4.78, 5) is 11.5. The van der Waals surface area contributed by atoms with E-state index < -0.39 is 0 Å². The first kappa shape index (κ1) is 13.7. The molecule has 0 atom stereocenters. The molecule has 1 aromatic heterocycles. The van der Waals surface area contributed by atoms with Gasteiger partial charge in [0.2, 0.25) is 0 Å². The first-order chi connectivity index (χ1) is 9.72. The maximum absolute atomic E-state index is 11.5. The molecule has 2 rings (SSSR count). The first-order valence-electron chi connectivity index (χ1n) is 6.25. The van der Waals surface area contributed by atoms with Gasteiger partial charge in [-0.2, -0.15) is 5.26 Å². The Morgan fingerprint density at radius 1 is 1.50 bits per heavy atom. The third kappa shape index (κ3) is 3.42. The SMILES string of the molecule is CCOC(=O)Cc1cnnn1Cc1cccc(C#N)c1. The average Bonchev–Trinajstić information content (AvgIpc) is 2.86. The number of carbonyl (C=O) groups is 1. The van der Waals surface area contributed by atoms with E-state index >= 15 is 0 Å². The van der Waals surface area contributed by atoms with Crippen LogP contribution in [0.3, 0.4) is 0 Å². The summed E-state index contributed by atoms with van der Waals surface area (Å²) in [6.45, 7) is 2.58. The molecule has 2 aromatic rings. The minimum Gasteiger partial charge on any atom is -0.466 e. The van der Waals surface area contributed by atoms with Gasteiger partial charge >= 0.3 is 5.97 Å². The predicted molar refractivity (Wildman–Crippen MR) is 70.6 cm³/mol. The van der Waals surface area contributed by atoms with Gasteiger partial charge in [0, 0.05) is 0 Å². The molecule has 0 saturated heterocycles. The van der Waals surface area contributed by atoms with Gasteiger partial charge in [0.05, 0.1) is 43.1 Å². The van der Waals surface area contributed by atoms with Crippen molar-refractivity contribution < 1.29 is 9.53 Å². The number of nitriles is 1. The van der Waals surface area contributed by atoms with E-state index in [0.717, 1.165) is 5.56 Å². The van der Waals surface area contributed by atoms with E-state index in [4.69, 9.17) is 10.00 Å². The third-order valence-corrected chi connectivity index (χ3v) is 2.72. The van der Waals surface area contributed by atoms with E-state index in [1.807, 2.05) is 12.1 Å². The predicted octanol–water partition coefficient (Wildman–Crippen LogP) is 1.30. The van der Waals surface area contributed by atoms with Crippen LogP contribution in [0.5, 0.6) is 0 Å². The minimum absolute atomic E-state index is 0.138. The second kappa shape index (κ2) is 6.48. The van der Waals surface area contributed by atoms with Crippen molar-refractivity contribution in [3.63, 3.8) is 0 Å². The molecule has 0 saturated carbocycles. The Hall–Kier alpha value is -2.68. The zero-order chi connectivity index (χ0) is 14.4. The topological polar surface area (TPSA) is 80.8 Å². The van der Waals surface area contributed by atoms with Crippen LogP contribution in [0.1, 0.15) is 23.7 Å². The molecule has 6 nitrogen and oxygen atoms in total.